The molecule has 3 rings (SSSR count). The molecule has 4 nitrogen and oxygen atoms in total. The molecule has 0 N–H and O–H groups in total. The predicted octanol–water partition coefficient (Wildman–Crippen LogP) is 5.48. The van der Waals surface area contributed by atoms with Crippen molar-refractivity contribution in [3.05, 3.63) is 52.6 Å². The van der Waals surface area contributed by atoms with Crippen molar-refractivity contribution in [2.24, 2.45) is 0 Å². The molecule has 0 saturated carbocycles. The third kappa shape index (κ3) is 4.01. The Kier molecular flexibility index (Phi) is 5.68. The Labute approximate surface area is 165 Å². The van der Waals surface area contributed by atoms with Crippen LogP contribution in [0.1, 0.15) is 41.5 Å². The summed E-state index contributed by atoms with van der Waals surface area (Å²) in [5, 5.41) is 3.97. The SMILES string of the molecule is COC(=O)CCCC(=O)Oc1c2cc(C)c(C)cc2cc2cc(C)c(C)cc12. The zero-order valence-electron chi connectivity index (χ0n) is 17.1. The number of benzene rings is 3. The number of aryl methyl sites for hydroxylation is 4. The lowest BCUT2D eigenvalue weighted by Gasteiger charge is -2.15. The van der Waals surface area contributed by atoms with E-state index in [2.05, 4.69) is 62.8 Å². The van der Waals surface area contributed by atoms with Gasteiger partial charge < -0.3 is 9.47 Å². The highest BCUT2D eigenvalue weighted by atomic mass is 16.5. The highest BCUT2D eigenvalue weighted by molar-refractivity contribution is 6.07. The van der Waals surface area contributed by atoms with Gasteiger partial charge in [-0.1, -0.05) is 12.1 Å². The first-order valence-corrected chi connectivity index (χ1v) is 9.52. The molecule has 0 spiro atoms. The number of carbonyl (C=O) groups excluding carboxylic acids is 2. The van der Waals surface area contributed by atoms with E-state index >= 15 is 0 Å². The van der Waals surface area contributed by atoms with Crippen LogP contribution >= 0.6 is 0 Å². The van der Waals surface area contributed by atoms with Crippen molar-refractivity contribution in [1.82, 2.24) is 0 Å². The van der Waals surface area contributed by atoms with Crippen molar-refractivity contribution < 1.29 is 19.1 Å². The Morgan fingerprint density at radius 1 is 0.714 bits per heavy atom. The van der Waals surface area contributed by atoms with Gasteiger partial charge in [0.2, 0.25) is 0 Å². The van der Waals surface area contributed by atoms with E-state index in [0.29, 0.717) is 12.2 Å². The number of methoxy groups -OCH3 is 1. The highest BCUT2D eigenvalue weighted by Crippen LogP contribution is 2.37. The third-order valence-corrected chi connectivity index (χ3v) is 5.34. The zero-order chi connectivity index (χ0) is 20.4. The van der Waals surface area contributed by atoms with E-state index in [9.17, 15) is 9.59 Å². The first-order chi connectivity index (χ1) is 13.3. The van der Waals surface area contributed by atoms with Crippen molar-refractivity contribution in [3.63, 3.8) is 0 Å². The molecular formula is C24H26O4. The number of fused-ring (bicyclic) bond motifs is 2. The molecule has 4 heteroatoms. The van der Waals surface area contributed by atoms with E-state index in [1.165, 1.54) is 18.2 Å². The molecule has 146 valence electrons. The lowest BCUT2D eigenvalue weighted by molar-refractivity contribution is -0.141. The van der Waals surface area contributed by atoms with Crippen LogP contribution in [0.25, 0.3) is 21.5 Å². The molecule has 0 radical (unpaired) electrons. The molecule has 0 aliphatic rings. The average molecular weight is 378 g/mol. The lowest BCUT2D eigenvalue weighted by Crippen LogP contribution is -2.10. The molecule has 28 heavy (non-hydrogen) atoms. The third-order valence-electron chi connectivity index (χ3n) is 5.34. The van der Waals surface area contributed by atoms with E-state index in [-0.39, 0.29) is 24.8 Å². The minimum Gasteiger partial charge on any atom is -0.469 e. The van der Waals surface area contributed by atoms with Crippen LogP contribution in [0.4, 0.5) is 0 Å². The number of esters is 2. The van der Waals surface area contributed by atoms with E-state index in [0.717, 1.165) is 32.7 Å². The molecule has 0 aromatic heterocycles. The van der Waals surface area contributed by atoms with E-state index in [4.69, 9.17) is 4.74 Å². The summed E-state index contributed by atoms with van der Waals surface area (Å²) in [7, 11) is 1.34. The summed E-state index contributed by atoms with van der Waals surface area (Å²) in [6, 6.07) is 10.6. The fraction of sp³-hybridized carbons (Fsp3) is 0.333. The summed E-state index contributed by atoms with van der Waals surface area (Å²) in [6.45, 7) is 8.28. The van der Waals surface area contributed by atoms with Crippen molar-refractivity contribution >= 4 is 33.5 Å². The second-order valence-electron chi connectivity index (χ2n) is 7.42. The maximum absolute atomic E-state index is 12.5. The van der Waals surface area contributed by atoms with Gasteiger partial charge in [-0.15, -0.1) is 0 Å². The predicted molar refractivity (Wildman–Crippen MR) is 112 cm³/mol. The molecule has 3 aromatic carbocycles. The zero-order valence-corrected chi connectivity index (χ0v) is 17.1. The van der Waals surface area contributed by atoms with Crippen molar-refractivity contribution in [2.45, 2.75) is 47.0 Å². The maximum atomic E-state index is 12.5. The summed E-state index contributed by atoms with van der Waals surface area (Å²) in [5.74, 6) is -0.0588. The van der Waals surface area contributed by atoms with Crippen LogP contribution in [0.15, 0.2) is 30.3 Å². The van der Waals surface area contributed by atoms with Gasteiger partial charge in [0.15, 0.2) is 0 Å². The maximum Gasteiger partial charge on any atom is 0.311 e. The van der Waals surface area contributed by atoms with Gasteiger partial charge in [0, 0.05) is 23.6 Å². The van der Waals surface area contributed by atoms with E-state index in [1.54, 1.807) is 0 Å². The van der Waals surface area contributed by atoms with Crippen LogP contribution in [0.5, 0.6) is 5.75 Å². The smallest absolute Gasteiger partial charge is 0.311 e. The summed E-state index contributed by atoms with van der Waals surface area (Å²) in [4.78, 5) is 23.8. The van der Waals surface area contributed by atoms with Gasteiger partial charge in [0.05, 0.1) is 7.11 Å². The molecule has 0 aliphatic carbocycles. The molecule has 0 unspecified atom stereocenters. The standard InChI is InChI=1S/C24H26O4/c1-14-9-18-13-19-10-15(2)17(4)12-21(19)24(20(18)11-16(14)3)28-23(26)8-6-7-22(25)27-5/h9-13H,6-8H2,1-5H3. The molecule has 0 heterocycles. The van der Waals surface area contributed by atoms with Gasteiger partial charge in [0.1, 0.15) is 5.75 Å². The fourth-order valence-corrected chi connectivity index (χ4v) is 3.38. The van der Waals surface area contributed by atoms with Crippen molar-refractivity contribution in [2.75, 3.05) is 7.11 Å². The first-order valence-electron chi connectivity index (χ1n) is 9.52. The van der Waals surface area contributed by atoms with Crippen LogP contribution in [-0.2, 0) is 14.3 Å². The minimum absolute atomic E-state index is 0.169. The number of carbonyl (C=O) groups is 2. The van der Waals surface area contributed by atoms with Gasteiger partial charge in [-0.2, -0.15) is 0 Å². The summed E-state index contributed by atoms with van der Waals surface area (Å²) in [5.41, 5.74) is 4.70. The normalized spacial score (nSPS) is 11.0. The lowest BCUT2D eigenvalue weighted by atomic mass is 9.95. The average Bonchev–Trinajstić information content (AvgIpc) is 2.64. The summed E-state index contributed by atoms with van der Waals surface area (Å²) in [6.07, 6.45) is 0.783. The Hall–Kier alpha value is -2.88. The van der Waals surface area contributed by atoms with Crippen LogP contribution < -0.4 is 4.74 Å². The van der Waals surface area contributed by atoms with Gasteiger partial charge in [-0.25, -0.2) is 0 Å². The summed E-state index contributed by atoms with van der Waals surface area (Å²) < 4.78 is 10.5. The quantitative estimate of drug-likeness (QED) is 0.335. The largest absolute Gasteiger partial charge is 0.469 e. The summed E-state index contributed by atoms with van der Waals surface area (Å²) >= 11 is 0. The monoisotopic (exact) mass is 378 g/mol. The van der Waals surface area contributed by atoms with Crippen molar-refractivity contribution in [3.8, 4) is 5.75 Å². The van der Waals surface area contributed by atoms with Gasteiger partial charge in [0.25, 0.3) is 0 Å². The van der Waals surface area contributed by atoms with Gasteiger partial charge in [-0.3, -0.25) is 9.59 Å². The van der Waals surface area contributed by atoms with Gasteiger partial charge >= 0.3 is 11.9 Å². The second-order valence-corrected chi connectivity index (χ2v) is 7.42. The first kappa shape index (κ1) is 19.9. The van der Waals surface area contributed by atoms with E-state index < -0.39 is 0 Å². The number of rotatable bonds is 5. The Bertz CT molecular complexity index is 1010. The van der Waals surface area contributed by atoms with Crippen LogP contribution in [0, 0.1) is 27.7 Å². The minimum atomic E-state index is -0.339. The van der Waals surface area contributed by atoms with Crippen LogP contribution in [0.3, 0.4) is 0 Å². The second kappa shape index (κ2) is 8.01. The number of ether oxygens (including phenoxy) is 2. The molecular weight excluding hydrogens is 352 g/mol. The highest BCUT2D eigenvalue weighted by Gasteiger charge is 2.15. The van der Waals surface area contributed by atoms with Gasteiger partial charge in [-0.05, 0) is 85.3 Å². The van der Waals surface area contributed by atoms with E-state index in [1.807, 2.05) is 0 Å². The molecule has 0 bridgehead atoms. The Morgan fingerprint density at radius 3 is 1.68 bits per heavy atom. The molecule has 0 amide bonds. The van der Waals surface area contributed by atoms with Crippen LogP contribution in [-0.4, -0.2) is 19.0 Å². The topological polar surface area (TPSA) is 52.6 Å². The molecule has 0 fully saturated rings. The molecule has 0 aliphatic heterocycles. The molecule has 0 atom stereocenters. The molecule has 3 aromatic rings. The Balaban J connectivity index is 2.06. The number of hydrogen-bond donors (Lipinski definition) is 0. The Morgan fingerprint density at radius 2 is 1.18 bits per heavy atom. The molecule has 0 saturated heterocycles. The van der Waals surface area contributed by atoms with Crippen molar-refractivity contribution in [1.29, 1.82) is 0 Å². The fourth-order valence-electron chi connectivity index (χ4n) is 3.38. The number of hydrogen-bond acceptors (Lipinski definition) is 4. The van der Waals surface area contributed by atoms with Crippen LogP contribution in [0.2, 0.25) is 0 Å².